The Balaban J connectivity index is 1.97. The molecule has 0 saturated heterocycles. The molecule has 2 aromatic heterocycles. The second kappa shape index (κ2) is 11.4. The van der Waals surface area contributed by atoms with E-state index in [0.29, 0.717) is 18.6 Å². The molecule has 0 fully saturated rings. The number of carbonyl (C=O) groups is 1. The molecule has 0 bridgehead atoms. The average molecular weight is 533 g/mol. The first kappa shape index (κ1) is 29.0. The lowest BCUT2D eigenvalue weighted by Gasteiger charge is -2.22. The molecular weight excluding hydrogens is 497 g/mol. The second-order valence-electron chi connectivity index (χ2n) is 10.2. The molecule has 206 valence electrons. The van der Waals surface area contributed by atoms with Crippen LogP contribution >= 0.6 is 0 Å². The Morgan fingerprint density at radius 2 is 1.92 bits per heavy atom. The van der Waals surface area contributed by atoms with Gasteiger partial charge in [0.1, 0.15) is 5.56 Å². The fourth-order valence-corrected chi connectivity index (χ4v) is 3.95. The summed E-state index contributed by atoms with van der Waals surface area (Å²) in [5.74, 6) is -0.255. The molecule has 0 aliphatic carbocycles. The molecule has 3 heterocycles. The van der Waals surface area contributed by atoms with Crippen molar-refractivity contribution in [3.8, 4) is 11.8 Å². The van der Waals surface area contributed by atoms with Crippen molar-refractivity contribution in [1.82, 2.24) is 20.1 Å². The van der Waals surface area contributed by atoms with Crippen molar-refractivity contribution in [2.45, 2.75) is 79.1 Å². The number of aromatic nitrogens is 3. The molecule has 10 heteroatoms. The molecule has 3 rings (SSSR count). The summed E-state index contributed by atoms with van der Waals surface area (Å²) in [6.07, 6.45) is 3.90. The van der Waals surface area contributed by atoms with Gasteiger partial charge in [-0.2, -0.15) is 18.3 Å². The number of nitrogens with one attached hydrogen (secondary N) is 1. The van der Waals surface area contributed by atoms with E-state index in [1.165, 1.54) is 16.9 Å². The van der Waals surface area contributed by atoms with Gasteiger partial charge in [-0.3, -0.25) is 4.79 Å². The SMILES string of the molecule is CC/C1=C/C=C(\C)C(NC(=O)c2nn(C(C)(C)C)c(Oc3ncccc3C(F)(F)F)c2C)CCOC(C)=C1. The van der Waals surface area contributed by atoms with E-state index in [0.717, 1.165) is 29.4 Å². The minimum atomic E-state index is -4.66. The summed E-state index contributed by atoms with van der Waals surface area (Å²) in [6.45, 7) is 13.3. The van der Waals surface area contributed by atoms with Gasteiger partial charge < -0.3 is 14.8 Å². The van der Waals surface area contributed by atoms with Gasteiger partial charge in [-0.25, -0.2) is 9.67 Å². The summed E-state index contributed by atoms with van der Waals surface area (Å²) in [5, 5.41) is 7.49. The van der Waals surface area contributed by atoms with Gasteiger partial charge in [0, 0.05) is 18.2 Å². The summed E-state index contributed by atoms with van der Waals surface area (Å²) >= 11 is 0. The van der Waals surface area contributed by atoms with E-state index < -0.39 is 29.1 Å². The quantitative estimate of drug-likeness (QED) is 0.455. The molecule has 0 saturated carbocycles. The van der Waals surface area contributed by atoms with Crippen LogP contribution in [0.3, 0.4) is 0 Å². The number of rotatable bonds is 5. The van der Waals surface area contributed by atoms with Crippen LogP contribution in [0.1, 0.15) is 76.0 Å². The number of amides is 1. The molecular formula is C28H35F3N4O3. The van der Waals surface area contributed by atoms with Crippen LogP contribution < -0.4 is 10.1 Å². The molecule has 1 N–H and O–H groups in total. The number of pyridine rings is 1. The van der Waals surface area contributed by atoms with Crippen molar-refractivity contribution >= 4 is 5.91 Å². The second-order valence-corrected chi connectivity index (χ2v) is 10.2. The predicted molar refractivity (Wildman–Crippen MR) is 139 cm³/mol. The van der Waals surface area contributed by atoms with Crippen molar-refractivity contribution in [3.63, 3.8) is 0 Å². The fraction of sp³-hybridized carbons (Fsp3) is 0.464. The van der Waals surface area contributed by atoms with Crippen molar-refractivity contribution in [3.05, 3.63) is 70.3 Å². The number of nitrogens with zero attached hydrogens (tertiary/aromatic N) is 3. The Kier molecular flexibility index (Phi) is 8.74. The molecule has 0 spiro atoms. The van der Waals surface area contributed by atoms with Crippen LogP contribution in [0.2, 0.25) is 0 Å². The highest BCUT2D eigenvalue weighted by Crippen LogP contribution is 2.38. The van der Waals surface area contributed by atoms with E-state index in [-0.39, 0.29) is 17.6 Å². The Hall–Kier alpha value is -3.56. The zero-order valence-electron chi connectivity index (χ0n) is 22.9. The van der Waals surface area contributed by atoms with E-state index in [9.17, 15) is 18.0 Å². The lowest BCUT2D eigenvalue weighted by Crippen LogP contribution is -2.37. The van der Waals surface area contributed by atoms with Gasteiger partial charge in [-0.15, -0.1) is 0 Å². The monoisotopic (exact) mass is 532 g/mol. The smallest absolute Gasteiger partial charge is 0.421 e. The third-order valence-electron chi connectivity index (χ3n) is 6.14. The first-order valence-corrected chi connectivity index (χ1v) is 12.5. The van der Waals surface area contributed by atoms with E-state index in [4.69, 9.17) is 9.47 Å². The van der Waals surface area contributed by atoms with Gasteiger partial charge in [0.2, 0.25) is 11.8 Å². The summed E-state index contributed by atoms with van der Waals surface area (Å²) < 4.78 is 53.7. The molecule has 7 nitrogen and oxygen atoms in total. The number of halogens is 3. The Morgan fingerprint density at radius 3 is 2.55 bits per heavy atom. The zero-order valence-corrected chi connectivity index (χ0v) is 22.9. The van der Waals surface area contributed by atoms with E-state index in [1.807, 2.05) is 52.8 Å². The lowest BCUT2D eigenvalue weighted by atomic mass is 10.0. The molecule has 0 radical (unpaired) electrons. The van der Waals surface area contributed by atoms with Crippen LogP contribution in [-0.2, 0) is 16.5 Å². The Labute approximate surface area is 221 Å². The van der Waals surface area contributed by atoms with Gasteiger partial charge >= 0.3 is 6.18 Å². The number of hydrogen-bond donors (Lipinski definition) is 1. The Morgan fingerprint density at radius 1 is 1.21 bits per heavy atom. The van der Waals surface area contributed by atoms with Gasteiger partial charge in [-0.1, -0.05) is 24.6 Å². The number of carbonyl (C=O) groups excluding carboxylic acids is 1. The number of hydrogen-bond acceptors (Lipinski definition) is 5. The normalized spacial score (nSPS) is 19.8. The third-order valence-corrected chi connectivity index (χ3v) is 6.14. The van der Waals surface area contributed by atoms with E-state index in [1.54, 1.807) is 6.92 Å². The van der Waals surface area contributed by atoms with Crippen LogP contribution in [-0.4, -0.2) is 33.3 Å². The van der Waals surface area contributed by atoms with Gasteiger partial charge in [0.15, 0.2) is 5.69 Å². The van der Waals surface area contributed by atoms with Crippen molar-refractivity contribution in [2.24, 2.45) is 0 Å². The maximum Gasteiger partial charge on any atom is 0.421 e. The highest BCUT2D eigenvalue weighted by molar-refractivity contribution is 5.94. The maximum atomic E-state index is 13.6. The number of ether oxygens (including phenoxy) is 2. The fourth-order valence-electron chi connectivity index (χ4n) is 3.95. The summed E-state index contributed by atoms with van der Waals surface area (Å²) in [4.78, 5) is 17.3. The summed E-state index contributed by atoms with van der Waals surface area (Å²) in [6, 6.07) is 1.76. The van der Waals surface area contributed by atoms with Crippen LogP contribution in [0, 0.1) is 6.92 Å². The molecule has 0 aromatic carbocycles. The summed E-state index contributed by atoms with van der Waals surface area (Å²) in [7, 11) is 0. The molecule has 1 aliphatic rings. The van der Waals surface area contributed by atoms with Crippen molar-refractivity contribution in [2.75, 3.05) is 6.61 Å². The molecule has 2 aromatic rings. The first-order chi connectivity index (χ1) is 17.7. The molecule has 1 aliphatic heterocycles. The first-order valence-electron chi connectivity index (χ1n) is 12.5. The van der Waals surface area contributed by atoms with Crippen molar-refractivity contribution in [1.29, 1.82) is 0 Å². The van der Waals surface area contributed by atoms with Gasteiger partial charge in [-0.05, 0) is 71.7 Å². The summed E-state index contributed by atoms with van der Waals surface area (Å²) in [5.41, 5.74) is 0.693. The van der Waals surface area contributed by atoms with Crippen LogP contribution in [0.25, 0.3) is 0 Å². The number of allylic oxidation sites excluding steroid dienone is 5. The predicted octanol–water partition coefficient (Wildman–Crippen LogP) is 6.86. The molecule has 1 amide bonds. The zero-order chi connectivity index (χ0) is 28.3. The van der Waals surface area contributed by atoms with Crippen molar-refractivity contribution < 1.29 is 27.4 Å². The highest BCUT2D eigenvalue weighted by Gasteiger charge is 2.37. The molecule has 1 atom stereocenters. The van der Waals surface area contributed by atoms with Gasteiger partial charge in [0.25, 0.3) is 5.91 Å². The van der Waals surface area contributed by atoms with Crippen LogP contribution in [0.4, 0.5) is 13.2 Å². The van der Waals surface area contributed by atoms with Gasteiger partial charge in [0.05, 0.1) is 23.9 Å². The minimum absolute atomic E-state index is 0.0182. The maximum absolute atomic E-state index is 13.6. The lowest BCUT2D eigenvalue weighted by molar-refractivity contribution is -0.138. The van der Waals surface area contributed by atoms with E-state index >= 15 is 0 Å². The molecule has 38 heavy (non-hydrogen) atoms. The third kappa shape index (κ3) is 6.85. The number of alkyl halides is 3. The molecule has 1 unspecified atom stereocenters. The minimum Gasteiger partial charge on any atom is -0.498 e. The highest BCUT2D eigenvalue weighted by atomic mass is 19.4. The topological polar surface area (TPSA) is 78.3 Å². The average Bonchev–Trinajstić information content (AvgIpc) is 3.16. The largest absolute Gasteiger partial charge is 0.498 e. The van der Waals surface area contributed by atoms with E-state index in [2.05, 4.69) is 22.3 Å². The Bertz CT molecular complexity index is 1270. The standard InChI is InChI=1S/C28H35F3N4O3/c1-8-20-12-11-17(2)22(13-15-37-18(3)16-20)33-24(36)23-19(4)26(35(34-23)27(5,6)7)38-25-21(28(29,30)31)10-9-14-32-25/h9-12,14,16,22H,8,13,15H2,1-7H3,(H,33,36)/b17-11+,18-16?,20-12-. The van der Waals surface area contributed by atoms with Crippen LogP contribution in [0.15, 0.2) is 53.5 Å². The van der Waals surface area contributed by atoms with Crippen LogP contribution in [0.5, 0.6) is 11.8 Å².